The first-order valence-corrected chi connectivity index (χ1v) is 8.86. The number of nitrogens with two attached hydrogens (primary N) is 1. The molecule has 1 aliphatic rings. The molecule has 2 rings (SSSR count). The van der Waals surface area contributed by atoms with E-state index in [2.05, 4.69) is 0 Å². The topological polar surface area (TPSA) is 83.6 Å². The Kier molecular flexibility index (Phi) is 5.05. The molecule has 0 aliphatic heterocycles. The molecule has 0 bridgehead atoms. The molecule has 1 aromatic rings. The van der Waals surface area contributed by atoms with Crippen LogP contribution in [0.2, 0.25) is 10.0 Å². The zero-order valence-corrected chi connectivity index (χ0v) is 13.9. The largest absolute Gasteiger partial charge is 0.396 e. The second-order valence-electron chi connectivity index (χ2n) is 5.21. The Morgan fingerprint density at radius 1 is 1.29 bits per heavy atom. The normalized spacial score (nSPS) is 23.5. The van der Waals surface area contributed by atoms with E-state index in [1.54, 1.807) is 0 Å². The summed E-state index contributed by atoms with van der Waals surface area (Å²) in [6.07, 6.45) is 2.35. The van der Waals surface area contributed by atoms with Crippen molar-refractivity contribution < 1.29 is 13.5 Å². The first-order chi connectivity index (χ1) is 9.76. The van der Waals surface area contributed by atoms with Crippen molar-refractivity contribution in [3.05, 3.63) is 22.2 Å². The number of anilines is 1. The molecule has 5 nitrogen and oxygen atoms in total. The van der Waals surface area contributed by atoms with Crippen molar-refractivity contribution >= 4 is 38.9 Å². The SMILES string of the molecule is CN(C1CCCCC1O)S(=O)(=O)c1ccc(Cl)c(N)c1Cl. The van der Waals surface area contributed by atoms with Gasteiger partial charge in [-0.2, -0.15) is 4.31 Å². The number of hydrogen-bond donors (Lipinski definition) is 2. The van der Waals surface area contributed by atoms with E-state index in [0.29, 0.717) is 12.8 Å². The van der Waals surface area contributed by atoms with Crippen LogP contribution in [-0.4, -0.2) is 37.0 Å². The number of hydrogen-bond acceptors (Lipinski definition) is 4. The predicted molar refractivity (Wildman–Crippen MR) is 84.1 cm³/mol. The average Bonchev–Trinajstić information content (AvgIpc) is 2.44. The molecule has 118 valence electrons. The molecule has 2 unspecified atom stereocenters. The van der Waals surface area contributed by atoms with Crippen LogP contribution >= 0.6 is 23.2 Å². The summed E-state index contributed by atoms with van der Waals surface area (Å²) in [5.74, 6) is 0. The minimum absolute atomic E-state index is 0.0389. The summed E-state index contributed by atoms with van der Waals surface area (Å²) in [5, 5.41) is 10.2. The highest BCUT2D eigenvalue weighted by atomic mass is 35.5. The molecule has 2 atom stereocenters. The Morgan fingerprint density at radius 3 is 2.52 bits per heavy atom. The number of aliphatic hydroxyl groups is 1. The summed E-state index contributed by atoms with van der Waals surface area (Å²) >= 11 is 11.9. The van der Waals surface area contributed by atoms with E-state index in [1.807, 2.05) is 0 Å². The number of sulfonamides is 1. The maximum Gasteiger partial charge on any atom is 0.244 e. The monoisotopic (exact) mass is 352 g/mol. The van der Waals surface area contributed by atoms with Gasteiger partial charge >= 0.3 is 0 Å². The van der Waals surface area contributed by atoms with Crippen LogP contribution in [-0.2, 0) is 10.0 Å². The molecular weight excluding hydrogens is 335 g/mol. The predicted octanol–water partition coefficient (Wildman–Crippen LogP) is 2.50. The Morgan fingerprint density at radius 2 is 1.90 bits per heavy atom. The smallest absolute Gasteiger partial charge is 0.244 e. The number of benzene rings is 1. The molecule has 1 aromatic carbocycles. The zero-order chi connectivity index (χ0) is 15.8. The van der Waals surface area contributed by atoms with Gasteiger partial charge in [0.1, 0.15) is 4.90 Å². The minimum atomic E-state index is -3.84. The van der Waals surface area contributed by atoms with Gasteiger partial charge in [0.2, 0.25) is 10.0 Å². The van der Waals surface area contributed by atoms with E-state index in [1.165, 1.54) is 23.5 Å². The molecule has 0 saturated heterocycles. The van der Waals surface area contributed by atoms with E-state index in [9.17, 15) is 13.5 Å². The quantitative estimate of drug-likeness (QED) is 0.818. The number of nitrogens with zero attached hydrogens (tertiary/aromatic N) is 1. The standard InChI is InChI=1S/C13H18Cl2N2O3S/c1-17(9-4-2-3-5-10(9)18)21(19,20)11-7-6-8(14)13(16)12(11)15/h6-7,9-10,18H,2-5,16H2,1H3. The van der Waals surface area contributed by atoms with E-state index < -0.39 is 22.2 Å². The van der Waals surface area contributed by atoms with Gasteiger partial charge in [0.05, 0.1) is 27.9 Å². The Balaban J connectivity index is 2.40. The first kappa shape index (κ1) is 16.8. The van der Waals surface area contributed by atoms with Crippen LogP contribution in [0.4, 0.5) is 5.69 Å². The minimum Gasteiger partial charge on any atom is -0.396 e. The molecule has 0 aromatic heterocycles. The van der Waals surface area contributed by atoms with Gasteiger partial charge in [-0.1, -0.05) is 36.0 Å². The maximum absolute atomic E-state index is 12.7. The lowest BCUT2D eigenvalue weighted by Crippen LogP contribution is -2.46. The Labute approximate surface area is 134 Å². The second-order valence-corrected chi connectivity index (χ2v) is 7.96. The molecule has 1 saturated carbocycles. The molecule has 3 N–H and O–H groups in total. The number of halogens is 2. The first-order valence-electron chi connectivity index (χ1n) is 6.66. The fourth-order valence-corrected chi connectivity index (χ4v) is 4.75. The molecular formula is C13H18Cl2N2O3S. The maximum atomic E-state index is 12.7. The fourth-order valence-electron chi connectivity index (χ4n) is 2.60. The van der Waals surface area contributed by atoms with E-state index in [-0.39, 0.29) is 20.6 Å². The highest BCUT2D eigenvalue weighted by Gasteiger charge is 2.35. The van der Waals surface area contributed by atoms with Crippen molar-refractivity contribution in [1.82, 2.24) is 4.31 Å². The van der Waals surface area contributed by atoms with Crippen molar-refractivity contribution in [2.75, 3.05) is 12.8 Å². The molecule has 0 radical (unpaired) electrons. The highest BCUT2D eigenvalue weighted by molar-refractivity contribution is 7.89. The van der Waals surface area contributed by atoms with Crippen LogP contribution in [0, 0.1) is 0 Å². The molecule has 1 aliphatic carbocycles. The van der Waals surface area contributed by atoms with Crippen molar-refractivity contribution in [3.63, 3.8) is 0 Å². The van der Waals surface area contributed by atoms with Gasteiger partial charge < -0.3 is 10.8 Å². The summed E-state index contributed by atoms with van der Waals surface area (Å²) < 4.78 is 26.6. The third-order valence-electron chi connectivity index (χ3n) is 3.91. The van der Waals surface area contributed by atoms with Gasteiger partial charge in [0.15, 0.2) is 0 Å². The second kappa shape index (κ2) is 6.30. The number of aliphatic hydroxyl groups excluding tert-OH is 1. The van der Waals surface area contributed by atoms with E-state index in [4.69, 9.17) is 28.9 Å². The van der Waals surface area contributed by atoms with E-state index in [0.717, 1.165) is 12.8 Å². The zero-order valence-electron chi connectivity index (χ0n) is 11.6. The van der Waals surface area contributed by atoms with Crippen LogP contribution in [0.15, 0.2) is 17.0 Å². The molecule has 8 heteroatoms. The molecule has 1 fully saturated rings. The summed E-state index contributed by atoms with van der Waals surface area (Å²) in [6.45, 7) is 0. The third-order valence-corrected chi connectivity index (χ3v) is 6.68. The summed E-state index contributed by atoms with van der Waals surface area (Å²) in [6, 6.07) is 2.29. The molecule has 0 heterocycles. The van der Waals surface area contributed by atoms with Gasteiger partial charge in [0, 0.05) is 7.05 Å². The summed E-state index contributed by atoms with van der Waals surface area (Å²) in [7, 11) is -2.38. The average molecular weight is 353 g/mol. The number of nitrogen functional groups attached to an aromatic ring is 1. The van der Waals surface area contributed by atoms with Crippen LogP contribution in [0.1, 0.15) is 25.7 Å². The van der Waals surface area contributed by atoms with E-state index >= 15 is 0 Å². The highest BCUT2D eigenvalue weighted by Crippen LogP contribution is 2.36. The Hall–Kier alpha value is -0.530. The van der Waals surface area contributed by atoms with Crippen molar-refractivity contribution in [1.29, 1.82) is 0 Å². The molecule has 0 amide bonds. The van der Waals surface area contributed by atoms with Gasteiger partial charge in [-0.25, -0.2) is 8.42 Å². The van der Waals surface area contributed by atoms with Crippen molar-refractivity contribution in [2.24, 2.45) is 0 Å². The third kappa shape index (κ3) is 3.14. The fraction of sp³-hybridized carbons (Fsp3) is 0.538. The summed E-state index contributed by atoms with van der Waals surface area (Å²) in [5.41, 5.74) is 5.73. The van der Waals surface area contributed by atoms with Gasteiger partial charge in [-0.05, 0) is 25.0 Å². The Bertz CT molecular complexity index is 637. The number of likely N-dealkylation sites (N-methyl/N-ethyl adjacent to an activating group) is 1. The van der Waals surface area contributed by atoms with Crippen LogP contribution < -0.4 is 5.73 Å². The van der Waals surface area contributed by atoms with Crippen LogP contribution in [0.5, 0.6) is 0 Å². The molecule has 21 heavy (non-hydrogen) atoms. The van der Waals surface area contributed by atoms with Gasteiger partial charge in [-0.3, -0.25) is 0 Å². The lowest BCUT2D eigenvalue weighted by atomic mass is 9.93. The lowest BCUT2D eigenvalue weighted by Gasteiger charge is -2.34. The molecule has 0 spiro atoms. The van der Waals surface area contributed by atoms with Gasteiger partial charge in [-0.15, -0.1) is 0 Å². The van der Waals surface area contributed by atoms with Gasteiger partial charge in [0.25, 0.3) is 0 Å². The summed E-state index contributed by atoms with van der Waals surface area (Å²) in [4.78, 5) is -0.0914. The number of rotatable bonds is 3. The van der Waals surface area contributed by atoms with Crippen LogP contribution in [0.3, 0.4) is 0 Å². The lowest BCUT2D eigenvalue weighted by molar-refractivity contribution is 0.0638. The van der Waals surface area contributed by atoms with Crippen molar-refractivity contribution in [3.8, 4) is 0 Å². The van der Waals surface area contributed by atoms with Crippen LogP contribution in [0.25, 0.3) is 0 Å². The van der Waals surface area contributed by atoms with Crippen molar-refractivity contribution in [2.45, 2.75) is 42.7 Å².